The number of carbonyl (C=O) groups excluding carboxylic acids is 1. The molecule has 0 saturated carbocycles. The summed E-state index contributed by atoms with van der Waals surface area (Å²) in [6, 6.07) is 8.85. The first-order valence-electron chi connectivity index (χ1n) is 6.60. The van der Waals surface area contributed by atoms with E-state index in [9.17, 15) is 4.79 Å². The number of benzene rings is 1. The molecule has 6 heteroatoms. The second-order valence-corrected chi connectivity index (χ2v) is 6.06. The summed E-state index contributed by atoms with van der Waals surface area (Å²) in [6.07, 6.45) is 2.94. The maximum absolute atomic E-state index is 11.8. The van der Waals surface area contributed by atoms with Crippen LogP contribution in [-0.4, -0.2) is 11.7 Å². The normalized spacial score (nSPS) is 10.5. The fourth-order valence-corrected chi connectivity index (χ4v) is 2.80. The number of amides is 1. The van der Waals surface area contributed by atoms with Gasteiger partial charge >= 0.3 is 0 Å². The molecule has 0 spiro atoms. The number of hydrogen-bond donors (Lipinski definition) is 2. The van der Waals surface area contributed by atoms with Crippen molar-refractivity contribution in [3.8, 4) is 0 Å². The quantitative estimate of drug-likeness (QED) is 0.592. The molecular weight excluding hydrogens is 308 g/mol. The van der Waals surface area contributed by atoms with Crippen molar-refractivity contribution < 1.29 is 9.21 Å². The Morgan fingerprint density at radius 3 is 2.95 bits per heavy atom. The fraction of sp³-hybridized carbons (Fsp3) is 0.267. The van der Waals surface area contributed by atoms with Gasteiger partial charge in [-0.15, -0.1) is 0 Å². The molecule has 3 N–H and O–H groups in total. The number of anilines is 2. The Morgan fingerprint density at radius 2 is 2.24 bits per heavy atom. The first-order chi connectivity index (χ1) is 10.1. The number of nitrogens with two attached hydrogens (primary N) is 1. The zero-order valence-electron chi connectivity index (χ0n) is 11.5. The summed E-state index contributed by atoms with van der Waals surface area (Å²) in [4.78, 5) is 11.8. The Morgan fingerprint density at radius 1 is 1.38 bits per heavy atom. The van der Waals surface area contributed by atoms with Crippen LogP contribution in [0.4, 0.5) is 11.4 Å². The van der Waals surface area contributed by atoms with Crippen LogP contribution >= 0.6 is 23.4 Å². The van der Waals surface area contributed by atoms with Gasteiger partial charge in [0, 0.05) is 11.4 Å². The molecule has 0 atom stereocenters. The highest BCUT2D eigenvalue weighted by molar-refractivity contribution is 7.98. The summed E-state index contributed by atoms with van der Waals surface area (Å²) in [6.45, 7) is 0. The highest BCUT2D eigenvalue weighted by Gasteiger charge is 2.06. The standard InChI is InChI=1S/C15H17ClN2O2S/c16-11-5-6-14(13(17)9-11)18-15(19)4-2-8-21-10-12-3-1-7-20-12/h1,3,5-7,9H,2,4,8,10,17H2,(H,18,19). The molecule has 0 aliphatic carbocycles. The molecule has 0 aliphatic heterocycles. The second kappa shape index (κ2) is 8.00. The molecule has 112 valence electrons. The number of carbonyl (C=O) groups is 1. The number of halogens is 1. The van der Waals surface area contributed by atoms with Crippen LogP contribution < -0.4 is 11.1 Å². The van der Waals surface area contributed by atoms with Gasteiger partial charge in [0.05, 0.1) is 23.4 Å². The molecule has 1 heterocycles. The fourth-order valence-electron chi connectivity index (χ4n) is 1.76. The van der Waals surface area contributed by atoms with E-state index in [-0.39, 0.29) is 5.91 Å². The van der Waals surface area contributed by atoms with Crippen LogP contribution in [-0.2, 0) is 10.5 Å². The maximum Gasteiger partial charge on any atom is 0.224 e. The van der Waals surface area contributed by atoms with Crippen LogP contribution in [0, 0.1) is 0 Å². The maximum atomic E-state index is 11.8. The molecule has 0 fully saturated rings. The molecule has 21 heavy (non-hydrogen) atoms. The van der Waals surface area contributed by atoms with Gasteiger partial charge < -0.3 is 15.5 Å². The second-order valence-electron chi connectivity index (χ2n) is 4.52. The van der Waals surface area contributed by atoms with Crippen LogP contribution in [0.3, 0.4) is 0 Å². The van der Waals surface area contributed by atoms with Crippen molar-refractivity contribution in [2.45, 2.75) is 18.6 Å². The average Bonchev–Trinajstić information content (AvgIpc) is 2.95. The molecule has 0 unspecified atom stereocenters. The molecule has 0 radical (unpaired) electrons. The zero-order valence-corrected chi connectivity index (χ0v) is 13.0. The third-order valence-electron chi connectivity index (χ3n) is 2.80. The highest BCUT2D eigenvalue weighted by atomic mass is 35.5. The Hall–Kier alpha value is -1.59. The highest BCUT2D eigenvalue weighted by Crippen LogP contribution is 2.23. The van der Waals surface area contributed by atoms with Gasteiger partial charge in [-0.25, -0.2) is 0 Å². The molecule has 0 bridgehead atoms. The third-order valence-corrected chi connectivity index (χ3v) is 4.11. The Labute approximate surface area is 133 Å². The van der Waals surface area contributed by atoms with E-state index in [1.54, 1.807) is 36.2 Å². The van der Waals surface area contributed by atoms with E-state index >= 15 is 0 Å². The lowest BCUT2D eigenvalue weighted by Gasteiger charge is -2.08. The van der Waals surface area contributed by atoms with Crippen LogP contribution in [0.1, 0.15) is 18.6 Å². The molecule has 0 saturated heterocycles. The molecule has 1 aromatic carbocycles. The number of thioether (sulfide) groups is 1. The summed E-state index contributed by atoms with van der Waals surface area (Å²) in [5.41, 5.74) is 6.87. The average molecular weight is 325 g/mol. The van der Waals surface area contributed by atoms with E-state index in [1.165, 1.54) is 0 Å². The smallest absolute Gasteiger partial charge is 0.224 e. The predicted molar refractivity (Wildman–Crippen MR) is 88.6 cm³/mol. The van der Waals surface area contributed by atoms with Crippen molar-refractivity contribution in [3.63, 3.8) is 0 Å². The number of hydrogen-bond acceptors (Lipinski definition) is 4. The minimum atomic E-state index is -0.0392. The summed E-state index contributed by atoms with van der Waals surface area (Å²) >= 11 is 7.56. The van der Waals surface area contributed by atoms with Crippen LogP contribution in [0.25, 0.3) is 0 Å². The zero-order chi connectivity index (χ0) is 15.1. The van der Waals surface area contributed by atoms with Crippen molar-refractivity contribution in [2.75, 3.05) is 16.8 Å². The van der Waals surface area contributed by atoms with Gasteiger partial charge in [-0.1, -0.05) is 11.6 Å². The lowest BCUT2D eigenvalue weighted by Crippen LogP contribution is -2.12. The van der Waals surface area contributed by atoms with Gasteiger partial charge in [0.1, 0.15) is 5.76 Å². The number of nitrogen functional groups attached to an aromatic ring is 1. The van der Waals surface area contributed by atoms with Crippen molar-refractivity contribution in [1.82, 2.24) is 0 Å². The molecule has 1 amide bonds. The monoisotopic (exact) mass is 324 g/mol. The third kappa shape index (κ3) is 5.36. The van der Waals surface area contributed by atoms with E-state index in [0.29, 0.717) is 22.8 Å². The lowest BCUT2D eigenvalue weighted by molar-refractivity contribution is -0.116. The van der Waals surface area contributed by atoms with Gasteiger partial charge in [0.15, 0.2) is 0 Å². The van der Waals surface area contributed by atoms with Gasteiger partial charge in [-0.2, -0.15) is 11.8 Å². The first-order valence-corrected chi connectivity index (χ1v) is 8.13. The Kier molecular flexibility index (Phi) is 6.02. The van der Waals surface area contributed by atoms with Gasteiger partial charge in [0.2, 0.25) is 5.91 Å². The molecular formula is C15H17ClN2O2S. The van der Waals surface area contributed by atoms with Crippen molar-refractivity contribution >= 4 is 40.6 Å². The minimum Gasteiger partial charge on any atom is -0.468 e. The van der Waals surface area contributed by atoms with Crippen molar-refractivity contribution in [2.24, 2.45) is 0 Å². The molecule has 4 nitrogen and oxygen atoms in total. The molecule has 2 aromatic rings. The van der Waals surface area contributed by atoms with Crippen LogP contribution in [0.5, 0.6) is 0 Å². The summed E-state index contributed by atoms with van der Waals surface area (Å²) < 4.78 is 5.24. The van der Waals surface area contributed by atoms with Gasteiger partial charge in [0.25, 0.3) is 0 Å². The minimum absolute atomic E-state index is 0.0392. The largest absolute Gasteiger partial charge is 0.468 e. The van der Waals surface area contributed by atoms with Crippen molar-refractivity contribution in [3.05, 3.63) is 47.4 Å². The van der Waals surface area contributed by atoms with E-state index in [4.69, 9.17) is 21.8 Å². The van der Waals surface area contributed by atoms with Gasteiger partial charge in [-0.05, 0) is 42.5 Å². The number of furan rings is 1. The Balaban J connectivity index is 1.65. The molecule has 0 aliphatic rings. The Bertz CT molecular complexity index is 587. The summed E-state index contributed by atoms with van der Waals surface area (Å²) in [5, 5.41) is 3.35. The van der Waals surface area contributed by atoms with Crippen LogP contribution in [0.2, 0.25) is 5.02 Å². The first kappa shape index (κ1) is 15.8. The number of rotatable bonds is 7. The van der Waals surface area contributed by atoms with E-state index in [0.717, 1.165) is 23.7 Å². The summed E-state index contributed by atoms with van der Waals surface area (Å²) in [5.74, 6) is 2.66. The van der Waals surface area contributed by atoms with Crippen LogP contribution in [0.15, 0.2) is 41.0 Å². The van der Waals surface area contributed by atoms with Gasteiger partial charge in [-0.3, -0.25) is 4.79 Å². The SMILES string of the molecule is Nc1cc(Cl)ccc1NC(=O)CCCSCc1ccco1. The van der Waals surface area contributed by atoms with E-state index in [2.05, 4.69) is 5.32 Å². The summed E-state index contributed by atoms with van der Waals surface area (Å²) in [7, 11) is 0. The predicted octanol–water partition coefficient (Wildman–Crippen LogP) is 4.17. The molecule has 2 rings (SSSR count). The van der Waals surface area contributed by atoms with E-state index in [1.807, 2.05) is 12.1 Å². The topological polar surface area (TPSA) is 68.3 Å². The number of nitrogens with one attached hydrogen (secondary N) is 1. The molecule has 1 aromatic heterocycles. The van der Waals surface area contributed by atoms with E-state index < -0.39 is 0 Å². The van der Waals surface area contributed by atoms with Crippen molar-refractivity contribution in [1.29, 1.82) is 0 Å². The lowest BCUT2D eigenvalue weighted by atomic mass is 10.2.